The first-order valence-corrected chi connectivity index (χ1v) is 7.97. The van der Waals surface area contributed by atoms with E-state index >= 15 is 0 Å². The normalized spacial score (nSPS) is 10.5. The van der Waals surface area contributed by atoms with E-state index in [-0.39, 0.29) is 5.78 Å². The van der Waals surface area contributed by atoms with Crippen LogP contribution >= 0.6 is 39.5 Å². The van der Waals surface area contributed by atoms with Gasteiger partial charge >= 0.3 is 0 Å². The van der Waals surface area contributed by atoms with Gasteiger partial charge in [0.2, 0.25) is 0 Å². The van der Waals surface area contributed by atoms with Gasteiger partial charge in [0.15, 0.2) is 5.78 Å². The third-order valence-corrected chi connectivity index (χ3v) is 4.72. The van der Waals surface area contributed by atoms with Gasteiger partial charge in [0.25, 0.3) is 0 Å². The highest BCUT2D eigenvalue weighted by molar-refractivity contribution is 9.10. The number of rotatable bonds is 5. The van der Waals surface area contributed by atoms with Crippen molar-refractivity contribution in [3.05, 3.63) is 22.2 Å². The summed E-state index contributed by atoms with van der Waals surface area (Å²) in [4.78, 5) is 14.1. The maximum absolute atomic E-state index is 11.8. The van der Waals surface area contributed by atoms with E-state index in [1.807, 2.05) is 24.6 Å². The molecule has 0 spiro atoms. The molecule has 5 heteroatoms. The second-order valence-electron chi connectivity index (χ2n) is 3.15. The predicted molar refractivity (Wildman–Crippen MR) is 76.0 cm³/mol. The van der Waals surface area contributed by atoms with E-state index < -0.39 is 0 Å². The number of nitrogens with one attached hydrogen (secondary N) is 1. The van der Waals surface area contributed by atoms with Crippen LogP contribution in [0.25, 0.3) is 0 Å². The maximum atomic E-state index is 11.8. The SMILES string of the molecule is CNCC(=O)c1cc(Br)c(SC)c(SC)c1. The zero-order valence-corrected chi connectivity index (χ0v) is 12.7. The molecule has 0 saturated heterocycles. The third kappa shape index (κ3) is 3.26. The van der Waals surface area contributed by atoms with E-state index in [2.05, 4.69) is 21.2 Å². The lowest BCUT2D eigenvalue weighted by Crippen LogP contribution is -2.18. The van der Waals surface area contributed by atoms with Crippen molar-refractivity contribution in [3.63, 3.8) is 0 Å². The quantitative estimate of drug-likeness (QED) is 0.666. The van der Waals surface area contributed by atoms with Gasteiger partial charge in [0, 0.05) is 19.8 Å². The molecule has 0 bridgehead atoms. The van der Waals surface area contributed by atoms with Crippen LogP contribution in [-0.2, 0) is 0 Å². The summed E-state index contributed by atoms with van der Waals surface area (Å²) >= 11 is 6.86. The summed E-state index contributed by atoms with van der Waals surface area (Å²) < 4.78 is 0.992. The van der Waals surface area contributed by atoms with Gasteiger partial charge < -0.3 is 5.32 Å². The number of hydrogen-bond acceptors (Lipinski definition) is 4. The molecule has 88 valence electrons. The smallest absolute Gasteiger partial charge is 0.176 e. The minimum Gasteiger partial charge on any atom is -0.313 e. The number of Topliss-reactive ketones (excluding diaryl/α,β-unsaturated/α-hetero) is 1. The number of likely N-dealkylation sites (N-methyl/N-ethyl adjacent to an activating group) is 1. The summed E-state index contributed by atoms with van der Waals surface area (Å²) in [6.07, 6.45) is 4.06. The molecule has 0 aromatic heterocycles. The van der Waals surface area contributed by atoms with Crippen molar-refractivity contribution in [2.75, 3.05) is 26.1 Å². The van der Waals surface area contributed by atoms with E-state index in [1.54, 1.807) is 30.6 Å². The fraction of sp³-hybridized carbons (Fsp3) is 0.364. The molecule has 0 aliphatic rings. The minimum absolute atomic E-state index is 0.117. The Labute approximate surface area is 113 Å². The molecule has 0 heterocycles. The predicted octanol–water partition coefficient (Wildman–Crippen LogP) is 3.30. The average molecular weight is 320 g/mol. The van der Waals surface area contributed by atoms with Crippen LogP contribution < -0.4 is 5.32 Å². The minimum atomic E-state index is 0.117. The van der Waals surface area contributed by atoms with E-state index in [0.717, 1.165) is 14.9 Å². The number of carbonyl (C=O) groups is 1. The monoisotopic (exact) mass is 319 g/mol. The number of benzene rings is 1. The first kappa shape index (κ1) is 14.1. The maximum Gasteiger partial charge on any atom is 0.176 e. The van der Waals surface area contributed by atoms with E-state index in [0.29, 0.717) is 6.54 Å². The molecular formula is C11H14BrNOS2. The molecule has 1 N–H and O–H groups in total. The van der Waals surface area contributed by atoms with Gasteiger partial charge in [0.05, 0.1) is 6.54 Å². The van der Waals surface area contributed by atoms with Crippen molar-refractivity contribution in [2.24, 2.45) is 0 Å². The van der Waals surface area contributed by atoms with Crippen molar-refractivity contribution in [1.82, 2.24) is 5.32 Å². The Morgan fingerprint density at radius 2 is 2.06 bits per heavy atom. The van der Waals surface area contributed by atoms with Gasteiger partial charge in [-0.25, -0.2) is 0 Å². The topological polar surface area (TPSA) is 29.1 Å². The van der Waals surface area contributed by atoms with Crippen molar-refractivity contribution >= 4 is 45.2 Å². The highest BCUT2D eigenvalue weighted by atomic mass is 79.9. The van der Waals surface area contributed by atoms with Gasteiger partial charge in [-0.1, -0.05) is 0 Å². The summed E-state index contributed by atoms with van der Waals surface area (Å²) in [5.41, 5.74) is 0.753. The second kappa shape index (κ2) is 6.69. The number of carbonyl (C=O) groups excluding carboxylic acids is 1. The number of ketones is 1. The van der Waals surface area contributed by atoms with Crippen LogP contribution in [0, 0.1) is 0 Å². The molecule has 0 fully saturated rings. The largest absolute Gasteiger partial charge is 0.313 e. The molecular weight excluding hydrogens is 306 g/mol. The summed E-state index contributed by atoms with van der Waals surface area (Å²) in [6.45, 7) is 0.374. The van der Waals surface area contributed by atoms with Gasteiger partial charge in [0.1, 0.15) is 0 Å². The molecule has 1 rings (SSSR count). The Morgan fingerprint density at radius 3 is 2.56 bits per heavy atom. The molecule has 0 atom stereocenters. The Kier molecular flexibility index (Phi) is 5.89. The van der Waals surface area contributed by atoms with Gasteiger partial charge in [-0.15, -0.1) is 23.5 Å². The van der Waals surface area contributed by atoms with Crippen LogP contribution in [0.4, 0.5) is 0 Å². The lowest BCUT2D eigenvalue weighted by Gasteiger charge is -2.10. The van der Waals surface area contributed by atoms with Crippen LogP contribution in [-0.4, -0.2) is 31.9 Å². The Bertz CT molecular complexity index is 396. The number of halogens is 1. The van der Waals surface area contributed by atoms with Crippen molar-refractivity contribution in [2.45, 2.75) is 9.79 Å². The van der Waals surface area contributed by atoms with Gasteiger partial charge in [-0.2, -0.15) is 0 Å². The van der Waals surface area contributed by atoms with Crippen LogP contribution in [0.15, 0.2) is 26.4 Å². The van der Waals surface area contributed by atoms with Gasteiger partial charge in [-0.3, -0.25) is 4.79 Å². The zero-order chi connectivity index (χ0) is 12.1. The van der Waals surface area contributed by atoms with Crippen molar-refractivity contribution in [1.29, 1.82) is 0 Å². The lowest BCUT2D eigenvalue weighted by atomic mass is 10.1. The summed E-state index contributed by atoms with van der Waals surface area (Å²) in [5.74, 6) is 0.117. The van der Waals surface area contributed by atoms with Crippen LogP contribution in [0.3, 0.4) is 0 Å². The Morgan fingerprint density at radius 1 is 1.38 bits per heavy atom. The van der Waals surface area contributed by atoms with Crippen LogP contribution in [0.1, 0.15) is 10.4 Å². The molecule has 0 unspecified atom stereocenters. The van der Waals surface area contributed by atoms with Crippen molar-refractivity contribution in [3.8, 4) is 0 Å². The molecule has 2 nitrogen and oxygen atoms in total. The Hall–Kier alpha value is 0.0300. The molecule has 0 aliphatic heterocycles. The summed E-state index contributed by atoms with van der Waals surface area (Å²) in [6, 6.07) is 3.85. The molecule has 1 aromatic carbocycles. The van der Waals surface area contributed by atoms with E-state index in [9.17, 15) is 4.79 Å². The molecule has 0 radical (unpaired) electrons. The average Bonchev–Trinajstić information content (AvgIpc) is 2.28. The lowest BCUT2D eigenvalue weighted by molar-refractivity contribution is 0.0993. The standard InChI is InChI=1S/C11H14BrNOS2/c1-13-6-9(14)7-4-8(12)11(16-3)10(5-7)15-2/h4-5,13H,6H2,1-3H3. The molecule has 0 aliphatic carbocycles. The number of hydrogen-bond donors (Lipinski definition) is 1. The highest BCUT2D eigenvalue weighted by Gasteiger charge is 2.12. The molecule has 0 saturated carbocycles. The highest BCUT2D eigenvalue weighted by Crippen LogP contribution is 2.35. The van der Waals surface area contributed by atoms with Gasteiger partial charge in [-0.05, 0) is 47.6 Å². The van der Waals surface area contributed by atoms with E-state index in [1.165, 1.54) is 4.90 Å². The van der Waals surface area contributed by atoms with Crippen LogP contribution in [0.5, 0.6) is 0 Å². The third-order valence-electron chi connectivity index (χ3n) is 2.09. The van der Waals surface area contributed by atoms with Crippen molar-refractivity contribution < 1.29 is 4.79 Å². The summed E-state index contributed by atoms with van der Waals surface area (Å²) in [7, 11) is 1.78. The second-order valence-corrected chi connectivity index (χ2v) is 5.67. The summed E-state index contributed by atoms with van der Waals surface area (Å²) in [5, 5.41) is 2.87. The fourth-order valence-electron chi connectivity index (χ4n) is 1.34. The Balaban J connectivity index is 3.15. The molecule has 0 amide bonds. The van der Waals surface area contributed by atoms with Crippen LogP contribution in [0.2, 0.25) is 0 Å². The van der Waals surface area contributed by atoms with E-state index in [4.69, 9.17) is 0 Å². The molecule has 1 aromatic rings. The number of thioether (sulfide) groups is 2. The first-order valence-electron chi connectivity index (χ1n) is 4.73. The molecule has 16 heavy (non-hydrogen) atoms. The fourth-order valence-corrected chi connectivity index (χ4v) is 3.97. The first-order chi connectivity index (χ1) is 7.63. The zero-order valence-electron chi connectivity index (χ0n) is 9.46.